The van der Waals surface area contributed by atoms with Crippen LogP contribution in [0.4, 0.5) is 4.79 Å². The Kier molecular flexibility index (Phi) is 2.15. The molecule has 56 valence electrons. The number of nitrogens with zero attached hydrogens (tertiary/aromatic N) is 1. The molecule has 0 aromatic rings. The fraction of sp³-hybridized carbons (Fsp3) is 0.500. The summed E-state index contributed by atoms with van der Waals surface area (Å²) in [5, 5.41) is 2.64. The predicted octanol–water partition coefficient (Wildman–Crippen LogP) is 0.477. The minimum atomic E-state index is -0.115. The van der Waals surface area contributed by atoms with Crippen LogP contribution in [0.2, 0.25) is 0 Å². The highest BCUT2D eigenvalue weighted by Crippen LogP contribution is 1.99. The van der Waals surface area contributed by atoms with Gasteiger partial charge in [0.05, 0.1) is 0 Å². The third-order valence-electron chi connectivity index (χ3n) is 1.14. The van der Waals surface area contributed by atoms with E-state index >= 15 is 0 Å². The van der Waals surface area contributed by atoms with Crippen molar-refractivity contribution in [3.8, 4) is 0 Å². The summed E-state index contributed by atoms with van der Waals surface area (Å²) in [5.41, 5.74) is 0. The van der Waals surface area contributed by atoms with Crippen molar-refractivity contribution in [2.45, 2.75) is 6.92 Å². The molecule has 10 heavy (non-hydrogen) atoms. The average molecular weight is 142 g/mol. The van der Waals surface area contributed by atoms with Gasteiger partial charge in [0.15, 0.2) is 6.73 Å². The molecular weight excluding hydrogens is 132 g/mol. The SMILES string of the molecule is CCNC(=O)N1C=COC1. The van der Waals surface area contributed by atoms with Gasteiger partial charge in [-0.2, -0.15) is 0 Å². The Morgan fingerprint density at radius 3 is 3.20 bits per heavy atom. The zero-order chi connectivity index (χ0) is 7.40. The highest BCUT2D eigenvalue weighted by molar-refractivity contribution is 5.75. The molecule has 0 spiro atoms. The molecule has 1 N–H and O–H groups in total. The third kappa shape index (κ3) is 1.40. The van der Waals surface area contributed by atoms with Gasteiger partial charge in [-0.05, 0) is 6.92 Å². The topological polar surface area (TPSA) is 41.6 Å². The summed E-state index contributed by atoms with van der Waals surface area (Å²) in [7, 11) is 0. The summed E-state index contributed by atoms with van der Waals surface area (Å²) < 4.78 is 4.81. The molecule has 1 aliphatic heterocycles. The Bertz CT molecular complexity index is 156. The zero-order valence-corrected chi connectivity index (χ0v) is 5.83. The summed E-state index contributed by atoms with van der Waals surface area (Å²) in [6.45, 7) is 2.84. The highest BCUT2D eigenvalue weighted by atomic mass is 16.5. The molecule has 1 rings (SSSR count). The van der Waals surface area contributed by atoms with Crippen LogP contribution in [0.5, 0.6) is 0 Å². The van der Waals surface area contributed by atoms with Crippen LogP contribution in [0.1, 0.15) is 6.92 Å². The van der Waals surface area contributed by atoms with E-state index in [0.29, 0.717) is 13.3 Å². The van der Waals surface area contributed by atoms with Crippen molar-refractivity contribution in [3.63, 3.8) is 0 Å². The number of urea groups is 1. The summed E-state index contributed by atoms with van der Waals surface area (Å²) in [6.07, 6.45) is 3.10. The second kappa shape index (κ2) is 3.10. The van der Waals surface area contributed by atoms with Crippen molar-refractivity contribution in [1.29, 1.82) is 0 Å². The molecule has 2 amide bonds. The normalized spacial score (nSPS) is 15.1. The largest absolute Gasteiger partial charge is 0.479 e. The van der Waals surface area contributed by atoms with E-state index in [0.717, 1.165) is 0 Å². The van der Waals surface area contributed by atoms with Crippen LogP contribution in [-0.4, -0.2) is 24.2 Å². The number of hydrogen-bond donors (Lipinski definition) is 1. The minimum Gasteiger partial charge on any atom is -0.479 e. The molecular formula is C6H10N2O2. The number of hydrogen-bond acceptors (Lipinski definition) is 2. The molecule has 1 heterocycles. The van der Waals surface area contributed by atoms with E-state index in [1.807, 2.05) is 6.92 Å². The molecule has 0 aromatic carbocycles. The first-order valence-electron chi connectivity index (χ1n) is 3.17. The quantitative estimate of drug-likeness (QED) is 0.578. The van der Waals surface area contributed by atoms with Gasteiger partial charge in [0.1, 0.15) is 6.26 Å². The smallest absolute Gasteiger partial charge is 0.324 e. The standard InChI is InChI=1S/C6H10N2O2/c1-2-7-6(9)8-3-4-10-5-8/h3-4H,2,5H2,1H3,(H,7,9). The van der Waals surface area contributed by atoms with Gasteiger partial charge in [0, 0.05) is 12.7 Å². The van der Waals surface area contributed by atoms with Gasteiger partial charge >= 0.3 is 6.03 Å². The molecule has 0 fully saturated rings. The maximum absolute atomic E-state index is 10.9. The van der Waals surface area contributed by atoms with Crippen molar-refractivity contribution >= 4 is 6.03 Å². The van der Waals surface area contributed by atoms with Gasteiger partial charge in [0.2, 0.25) is 0 Å². The molecule has 0 aliphatic carbocycles. The second-order valence-corrected chi connectivity index (χ2v) is 1.89. The van der Waals surface area contributed by atoms with E-state index in [2.05, 4.69) is 5.32 Å². The predicted molar refractivity (Wildman–Crippen MR) is 36.0 cm³/mol. The fourth-order valence-electron chi connectivity index (χ4n) is 0.662. The lowest BCUT2D eigenvalue weighted by molar-refractivity contribution is 0.166. The first kappa shape index (κ1) is 6.92. The average Bonchev–Trinajstić information content (AvgIpc) is 2.38. The van der Waals surface area contributed by atoms with Gasteiger partial charge in [-0.1, -0.05) is 0 Å². The van der Waals surface area contributed by atoms with Gasteiger partial charge in [-0.3, -0.25) is 4.90 Å². The van der Waals surface area contributed by atoms with Crippen molar-refractivity contribution in [2.24, 2.45) is 0 Å². The van der Waals surface area contributed by atoms with Crippen LogP contribution in [-0.2, 0) is 4.74 Å². The Balaban J connectivity index is 2.33. The monoisotopic (exact) mass is 142 g/mol. The van der Waals surface area contributed by atoms with E-state index < -0.39 is 0 Å². The number of amides is 2. The first-order valence-corrected chi connectivity index (χ1v) is 3.17. The van der Waals surface area contributed by atoms with E-state index in [-0.39, 0.29) is 6.03 Å². The van der Waals surface area contributed by atoms with Gasteiger partial charge in [0.25, 0.3) is 0 Å². The molecule has 4 nitrogen and oxygen atoms in total. The van der Waals surface area contributed by atoms with Crippen LogP contribution < -0.4 is 5.32 Å². The lowest BCUT2D eigenvalue weighted by Crippen LogP contribution is -2.35. The Morgan fingerprint density at radius 2 is 2.70 bits per heavy atom. The molecule has 0 saturated carbocycles. The van der Waals surface area contributed by atoms with Crippen LogP contribution in [0.3, 0.4) is 0 Å². The van der Waals surface area contributed by atoms with Crippen LogP contribution in [0, 0.1) is 0 Å². The molecule has 0 radical (unpaired) electrons. The molecule has 4 heteroatoms. The van der Waals surface area contributed by atoms with Gasteiger partial charge in [-0.15, -0.1) is 0 Å². The lowest BCUT2D eigenvalue weighted by atomic mass is 10.7. The van der Waals surface area contributed by atoms with E-state index in [9.17, 15) is 4.79 Å². The molecule has 0 saturated heterocycles. The summed E-state index contributed by atoms with van der Waals surface area (Å²) in [6, 6.07) is -0.115. The first-order chi connectivity index (χ1) is 4.84. The zero-order valence-electron chi connectivity index (χ0n) is 5.83. The summed E-state index contributed by atoms with van der Waals surface area (Å²) in [5.74, 6) is 0. The molecule has 0 bridgehead atoms. The maximum Gasteiger partial charge on any atom is 0.324 e. The highest BCUT2D eigenvalue weighted by Gasteiger charge is 2.11. The van der Waals surface area contributed by atoms with E-state index in [1.165, 1.54) is 11.2 Å². The number of rotatable bonds is 1. The number of carbonyl (C=O) groups excluding carboxylic acids is 1. The van der Waals surface area contributed by atoms with E-state index in [4.69, 9.17) is 4.74 Å². The van der Waals surface area contributed by atoms with Crippen LogP contribution >= 0.6 is 0 Å². The van der Waals surface area contributed by atoms with E-state index in [1.54, 1.807) is 6.20 Å². The number of carbonyl (C=O) groups is 1. The van der Waals surface area contributed by atoms with Crippen molar-refractivity contribution in [3.05, 3.63) is 12.5 Å². The van der Waals surface area contributed by atoms with Gasteiger partial charge < -0.3 is 10.1 Å². The summed E-state index contributed by atoms with van der Waals surface area (Å²) in [4.78, 5) is 12.4. The maximum atomic E-state index is 10.9. The Morgan fingerprint density at radius 1 is 1.90 bits per heavy atom. The molecule has 1 aliphatic rings. The molecule has 0 atom stereocenters. The Hall–Kier alpha value is -1.19. The van der Waals surface area contributed by atoms with Crippen molar-refractivity contribution in [2.75, 3.05) is 13.3 Å². The van der Waals surface area contributed by atoms with Crippen molar-refractivity contribution in [1.82, 2.24) is 10.2 Å². The molecule has 0 aromatic heterocycles. The van der Waals surface area contributed by atoms with Gasteiger partial charge in [-0.25, -0.2) is 4.79 Å². The molecule has 0 unspecified atom stereocenters. The van der Waals surface area contributed by atoms with Crippen LogP contribution in [0.25, 0.3) is 0 Å². The Labute approximate surface area is 59.5 Å². The minimum absolute atomic E-state index is 0.115. The second-order valence-electron chi connectivity index (χ2n) is 1.89. The third-order valence-corrected chi connectivity index (χ3v) is 1.14. The van der Waals surface area contributed by atoms with Crippen LogP contribution in [0.15, 0.2) is 12.5 Å². The summed E-state index contributed by atoms with van der Waals surface area (Å²) >= 11 is 0. The van der Waals surface area contributed by atoms with Crippen molar-refractivity contribution < 1.29 is 9.53 Å². The lowest BCUT2D eigenvalue weighted by Gasteiger charge is -2.10. The number of ether oxygens (including phenoxy) is 1. The number of nitrogens with one attached hydrogen (secondary N) is 1. The fourth-order valence-corrected chi connectivity index (χ4v) is 0.662.